The molecule has 148 valence electrons. The standard InChI is InChI=1S/C14H26N2O3S4.C2H6/c1-13(2,9-15-10(17)5-7-22-20)12-14(3,19-12)16-11(18)6-8-23-21-4;1-2/h12,20H,5-9H2,1-4H3,(H,15,17)(H,16,18);1-2H3. The van der Waals surface area contributed by atoms with Gasteiger partial charge in [-0.1, -0.05) is 60.1 Å². The molecule has 0 radical (unpaired) electrons. The van der Waals surface area contributed by atoms with Gasteiger partial charge in [0.2, 0.25) is 11.8 Å². The summed E-state index contributed by atoms with van der Waals surface area (Å²) >= 11 is 4.02. The van der Waals surface area contributed by atoms with Crippen LogP contribution in [0.15, 0.2) is 0 Å². The summed E-state index contributed by atoms with van der Waals surface area (Å²) in [5.74, 6) is 1.50. The minimum absolute atomic E-state index is 0.00203. The number of amides is 2. The average Bonchev–Trinajstić information content (AvgIpc) is 3.25. The lowest BCUT2D eigenvalue weighted by atomic mass is 9.85. The third-order valence-corrected chi connectivity index (χ3v) is 6.34. The maximum Gasteiger partial charge on any atom is 0.223 e. The van der Waals surface area contributed by atoms with Crippen LogP contribution in [0.2, 0.25) is 0 Å². The van der Waals surface area contributed by atoms with Gasteiger partial charge >= 0.3 is 0 Å². The number of epoxide rings is 1. The van der Waals surface area contributed by atoms with E-state index in [9.17, 15) is 9.59 Å². The molecule has 1 heterocycles. The SMILES string of the molecule is CC.CSSCCC(=O)NC1(C)OC1C(C)(C)CNC(=O)CCSS. The van der Waals surface area contributed by atoms with E-state index in [0.717, 1.165) is 5.75 Å². The van der Waals surface area contributed by atoms with Crippen molar-refractivity contribution in [3.63, 3.8) is 0 Å². The Kier molecular flexibility index (Phi) is 12.8. The second-order valence-electron chi connectivity index (χ2n) is 6.24. The Balaban J connectivity index is 0.00000277. The number of ether oxygens (including phenoxy) is 1. The van der Waals surface area contributed by atoms with E-state index in [1.807, 2.05) is 40.9 Å². The molecule has 0 saturated carbocycles. The molecule has 2 unspecified atom stereocenters. The summed E-state index contributed by atoms with van der Waals surface area (Å²) in [4.78, 5) is 23.6. The van der Waals surface area contributed by atoms with Gasteiger partial charge in [0.05, 0.1) is 0 Å². The first-order valence-electron chi connectivity index (χ1n) is 8.42. The van der Waals surface area contributed by atoms with Gasteiger partial charge in [-0.05, 0) is 13.2 Å². The number of nitrogens with one attached hydrogen (secondary N) is 2. The molecule has 1 aliphatic rings. The van der Waals surface area contributed by atoms with E-state index >= 15 is 0 Å². The van der Waals surface area contributed by atoms with E-state index < -0.39 is 5.72 Å². The quantitative estimate of drug-likeness (QED) is 0.201. The summed E-state index contributed by atoms with van der Waals surface area (Å²) in [5.41, 5.74) is -0.879. The molecule has 5 nitrogen and oxygen atoms in total. The Morgan fingerprint density at radius 2 is 1.80 bits per heavy atom. The molecule has 1 saturated heterocycles. The van der Waals surface area contributed by atoms with Gasteiger partial charge in [-0.2, -0.15) is 0 Å². The first kappa shape index (κ1) is 25.3. The minimum atomic E-state index is -0.629. The van der Waals surface area contributed by atoms with Crippen LogP contribution >= 0.6 is 44.0 Å². The average molecular weight is 429 g/mol. The van der Waals surface area contributed by atoms with E-state index in [2.05, 4.69) is 22.3 Å². The molecule has 0 aromatic heterocycles. The van der Waals surface area contributed by atoms with Crippen molar-refractivity contribution in [3.8, 4) is 0 Å². The van der Waals surface area contributed by atoms with Crippen LogP contribution in [0.1, 0.15) is 47.5 Å². The predicted molar refractivity (Wildman–Crippen MR) is 116 cm³/mol. The van der Waals surface area contributed by atoms with Gasteiger partial charge < -0.3 is 15.4 Å². The summed E-state index contributed by atoms with van der Waals surface area (Å²) in [5, 5.41) is 5.88. The minimum Gasteiger partial charge on any atom is -0.355 e. The van der Waals surface area contributed by atoms with Crippen LogP contribution < -0.4 is 10.6 Å². The fourth-order valence-electron chi connectivity index (χ4n) is 2.41. The highest BCUT2D eigenvalue weighted by molar-refractivity contribution is 8.76. The molecule has 1 fully saturated rings. The van der Waals surface area contributed by atoms with Crippen molar-refractivity contribution in [3.05, 3.63) is 0 Å². The van der Waals surface area contributed by atoms with Crippen molar-refractivity contribution in [2.45, 2.75) is 59.3 Å². The molecule has 0 bridgehead atoms. The highest BCUT2D eigenvalue weighted by Crippen LogP contribution is 2.45. The molecule has 25 heavy (non-hydrogen) atoms. The molecule has 0 spiro atoms. The van der Waals surface area contributed by atoms with Crippen LogP contribution in [0.25, 0.3) is 0 Å². The molecule has 2 N–H and O–H groups in total. The van der Waals surface area contributed by atoms with Crippen molar-refractivity contribution < 1.29 is 14.3 Å². The Morgan fingerprint density at radius 1 is 1.20 bits per heavy atom. The molecule has 1 rings (SSSR count). The summed E-state index contributed by atoms with van der Waals surface area (Å²) in [7, 11) is 4.68. The Bertz CT molecular complexity index is 424. The Morgan fingerprint density at radius 3 is 2.36 bits per heavy atom. The zero-order valence-electron chi connectivity index (χ0n) is 16.0. The van der Waals surface area contributed by atoms with Gasteiger partial charge in [0, 0.05) is 36.3 Å². The normalized spacial score (nSPS) is 21.8. The maximum atomic E-state index is 11.9. The van der Waals surface area contributed by atoms with Crippen molar-refractivity contribution in [2.75, 3.05) is 24.3 Å². The van der Waals surface area contributed by atoms with E-state index in [4.69, 9.17) is 4.74 Å². The van der Waals surface area contributed by atoms with E-state index in [-0.39, 0.29) is 23.3 Å². The first-order chi connectivity index (χ1) is 11.7. The molecule has 0 aromatic rings. The molecule has 9 heteroatoms. The maximum absolute atomic E-state index is 11.9. The third-order valence-electron chi connectivity index (χ3n) is 3.60. The van der Waals surface area contributed by atoms with Gasteiger partial charge in [0.1, 0.15) is 6.10 Å². The zero-order valence-corrected chi connectivity index (χ0v) is 19.4. The molecule has 1 aliphatic heterocycles. The second-order valence-corrected chi connectivity index (χ2v) is 10.4. The lowest BCUT2D eigenvalue weighted by molar-refractivity contribution is -0.122. The van der Waals surface area contributed by atoms with Crippen LogP contribution in [-0.2, 0) is 14.3 Å². The van der Waals surface area contributed by atoms with Crippen LogP contribution in [-0.4, -0.2) is 47.9 Å². The highest BCUT2D eigenvalue weighted by Gasteiger charge is 2.60. The predicted octanol–water partition coefficient (Wildman–Crippen LogP) is 3.76. The van der Waals surface area contributed by atoms with Gasteiger partial charge in [-0.3, -0.25) is 9.59 Å². The Labute approximate surface area is 169 Å². The van der Waals surface area contributed by atoms with E-state index in [1.165, 1.54) is 10.8 Å². The number of thiol groups is 1. The van der Waals surface area contributed by atoms with Gasteiger partial charge in [-0.25, -0.2) is 0 Å². The summed E-state index contributed by atoms with van der Waals surface area (Å²) in [6, 6.07) is 0. The van der Waals surface area contributed by atoms with Crippen LogP contribution in [0.3, 0.4) is 0 Å². The summed E-state index contributed by atoms with van der Waals surface area (Å²) < 4.78 is 5.75. The van der Waals surface area contributed by atoms with Gasteiger partial charge in [-0.15, -0.1) is 11.7 Å². The van der Waals surface area contributed by atoms with Gasteiger partial charge in [0.15, 0.2) is 5.72 Å². The van der Waals surface area contributed by atoms with Crippen LogP contribution in [0.5, 0.6) is 0 Å². The Hall–Kier alpha value is 0.300. The monoisotopic (exact) mass is 428 g/mol. The van der Waals surface area contributed by atoms with Crippen LogP contribution in [0, 0.1) is 5.41 Å². The van der Waals surface area contributed by atoms with Crippen LogP contribution in [0.4, 0.5) is 0 Å². The molecule has 2 atom stereocenters. The van der Waals surface area contributed by atoms with Gasteiger partial charge in [0.25, 0.3) is 0 Å². The smallest absolute Gasteiger partial charge is 0.223 e. The molecule has 0 aromatic carbocycles. The third kappa shape index (κ3) is 9.70. The molecular formula is C16H32N2O3S4. The topological polar surface area (TPSA) is 70.7 Å². The van der Waals surface area contributed by atoms with Crippen molar-refractivity contribution >= 4 is 55.9 Å². The van der Waals surface area contributed by atoms with Crippen molar-refractivity contribution in [1.82, 2.24) is 10.6 Å². The van der Waals surface area contributed by atoms with Crippen molar-refractivity contribution in [2.24, 2.45) is 5.41 Å². The van der Waals surface area contributed by atoms with Crippen molar-refractivity contribution in [1.29, 1.82) is 0 Å². The largest absolute Gasteiger partial charge is 0.355 e. The first-order valence-corrected chi connectivity index (χ1v) is 13.2. The lowest BCUT2D eigenvalue weighted by Gasteiger charge is -2.24. The number of carbonyl (C=O) groups is 2. The lowest BCUT2D eigenvalue weighted by Crippen LogP contribution is -2.44. The fraction of sp³-hybridized carbons (Fsp3) is 0.875. The number of hydrogen-bond donors (Lipinski definition) is 3. The fourth-order valence-corrected chi connectivity index (χ4v) is 4.15. The highest BCUT2D eigenvalue weighted by atomic mass is 33.1. The number of rotatable bonds is 11. The van der Waals surface area contributed by atoms with E-state index in [0.29, 0.717) is 25.1 Å². The summed E-state index contributed by atoms with van der Waals surface area (Å²) in [6.45, 7) is 10.5. The second kappa shape index (κ2) is 12.6. The number of carbonyl (C=O) groups excluding carboxylic acids is 2. The zero-order chi connectivity index (χ0) is 19.5. The molecule has 2 amide bonds. The van der Waals surface area contributed by atoms with E-state index in [1.54, 1.807) is 21.6 Å². The molecule has 0 aliphatic carbocycles. The molecular weight excluding hydrogens is 396 g/mol. The summed E-state index contributed by atoms with van der Waals surface area (Å²) in [6.07, 6.45) is 2.83. The number of hydrogen-bond acceptors (Lipinski definition) is 7.